The van der Waals surface area contributed by atoms with E-state index in [9.17, 15) is 13.2 Å². The van der Waals surface area contributed by atoms with E-state index < -0.39 is 26.2 Å². The van der Waals surface area contributed by atoms with Gasteiger partial charge in [-0.3, -0.25) is 0 Å². The van der Waals surface area contributed by atoms with Crippen LogP contribution < -0.4 is 0 Å². The summed E-state index contributed by atoms with van der Waals surface area (Å²) in [6.45, 7) is 4.32. The normalized spacial score (nSPS) is 24.2. The second-order valence-corrected chi connectivity index (χ2v) is 6.80. The molecule has 0 spiro atoms. The van der Waals surface area contributed by atoms with E-state index in [1.807, 2.05) is 0 Å². The first-order chi connectivity index (χ1) is 6.80. The number of halogens is 3. The van der Waals surface area contributed by atoms with Crippen molar-refractivity contribution in [1.82, 2.24) is 0 Å². The summed E-state index contributed by atoms with van der Waals surface area (Å²) in [5.41, 5.74) is -5.76. The molecule has 1 unspecified atom stereocenters. The second-order valence-electron chi connectivity index (χ2n) is 4.53. The highest BCUT2D eigenvalue weighted by atomic mass is 28.3. The van der Waals surface area contributed by atoms with E-state index >= 15 is 0 Å². The van der Waals surface area contributed by atoms with Crippen molar-refractivity contribution < 1.29 is 17.6 Å². The minimum absolute atomic E-state index is 0.351. The van der Waals surface area contributed by atoms with Gasteiger partial charge in [0.25, 0.3) is 14.6 Å². The van der Waals surface area contributed by atoms with Gasteiger partial charge in [-0.15, -0.1) is 0 Å². The maximum absolute atomic E-state index is 14.0. The van der Waals surface area contributed by atoms with E-state index in [0.717, 1.165) is 19.8 Å². The Morgan fingerprint density at radius 3 is 2.20 bits per heavy atom. The van der Waals surface area contributed by atoms with Crippen LogP contribution in [0, 0.1) is 5.92 Å². The van der Waals surface area contributed by atoms with Gasteiger partial charge in [-0.05, 0) is 25.3 Å². The van der Waals surface area contributed by atoms with Crippen LogP contribution in [-0.2, 0) is 4.43 Å². The zero-order valence-corrected chi connectivity index (χ0v) is 10.4. The van der Waals surface area contributed by atoms with Gasteiger partial charge < -0.3 is 4.43 Å². The van der Waals surface area contributed by atoms with Crippen LogP contribution in [0.4, 0.5) is 13.2 Å². The molecule has 1 heterocycles. The standard InChI is InChI=1S/C10H18F3OSi/c1-8(2)9(3,11)10(12,13)15-7-5-4-6-14-15/h8H,4-7H2,1-3H3. The quantitative estimate of drug-likeness (QED) is 0.686. The molecule has 0 aliphatic carbocycles. The molecule has 89 valence electrons. The van der Waals surface area contributed by atoms with E-state index in [1.165, 1.54) is 13.8 Å². The Kier molecular flexibility index (Phi) is 3.87. The van der Waals surface area contributed by atoms with Gasteiger partial charge >= 0.3 is 0 Å². The third-order valence-electron chi connectivity index (χ3n) is 3.12. The molecule has 1 radical (unpaired) electrons. The van der Waals surface area contributed by atoms with Crippen LogP contribution in [0.3, 0.4) is 0 Å². The average molecular weight is 239 g/mol. The Morgan fingerprint density at radius 1 is 1.20 bits per heavy atom. The maximum Gasteiger partial charge on any atom is 0.299 e. The molecule has 5 heteroatoms. The van der Waals surface area contributed by atoms with Crippen LogP contribution in [-0.4, -0.2) is 26.9 Å². The first-order valence-electron chi connectivity index (χ1n) is 5.36. The SMILES string of the molecule is CC(C)C(C)(F)C(F)(F)[Si]1CCCCO1. The van der Waals surface area contributed by atoms with Gasteiger partial charge in [-0.25, -0.2) is 13.2 Å². The molecule has 1 nitrogen and oxygen atoms in total. The summed E-state index contributed by atoms with van der Waals surface area (Å²) in [6, 6.07) is 0.351. The summed E-state index contributed by atoms with van der Waals surface area (Å²) in [5.74, 6) is -0.699. The highest BCUT2D eigenvalue weighted by Gasteiger charge is 2.60. The summed E-state index contributed by atoms with van der Waals surface area (Å²) < 4.78 is 46.8. The van der Waals surface area contributed by atoms with Crippen LogP contribution in [0.25, 0.3) is 0 Å². The van der Waals surface area contributed by atoms with Crippen LogP contribution in [0.1, 0.15) is 33.6 Å². The fourth-order valence-electron chi connectivity index (χ4n) is 1.54. The minimum atomic E-state index is -3.30. The molecule has 0 aromatic heterocycles. The van der Waals surface area contributed by atoms with Crippen LogP contribution in [0.5, 0.6) is 0 Å². The number of alkyl halides is 3. The predicted molar refractivity (Wildman–Crippen MR) is 55.0 cm³/mol. The molecule has 0 bridgehead atoms. The van der Waals surface area contributed by atoms with Crippen molar-refractivity contribution >= 4 is 9.04 Å². The third kappa shape index (κ3) is 2.38. The molecular weight excluding hydrogens is 221 g/mol. The lowest BCUT2D eigenvalue weighted by molar-refractivity contribution is -0.104. The minimum Gasteiger partial charge on any atom is -0.410 e. The fraction of sp³-hybridized carbons (Fsp3) is 1.00. The first kappa shape index (κ1) is 13.0. The van der Waals surface area contributed by atoms with Crippen LogP contribution in [0.15, 0.2) is 0 Å². The highest BCUT2D eigenvalue weighted by molar-refractivity contribution is 6.55. The van der Waals surface area contributed by atoms with Crippen molar-refractivity contribution in [2.45, 2.75) is 50.9 Å². The lowest BCUT2D eigenvalue weighted by atomic mass is 9.95. The number of hydrogen-bond donors (Lipinski definition) is 0. The molecule has 1 aliphatic rings. The molecule has 0 saturated carbocycles. The summed E-state index contributed by atoms with van der Waals surface area (Å²) >= 11 is 0. The van der Waals surface area contributed by atoms with Crippen molar-refractivity contribution in [3.8, 4) is 0 Å². The topological polar surface area (TPSA) is 9.23 Å². The van der Waals surface area contributed by atoms with Crippen molar-refractivity contribution in [2.24, 2.45) is 5.92 Å². The molecule has 0 N–H and O–H groups in total. The zero-order valence-electron chi connectivity index (χ0n) is 9.45. The van der Waals surface area contributed by atoms with Gasteiger partial charge in [0.15, 0.2) is 5.67 Å². The summed E-state index contributed by atoms with van der Waals surface area (Å²) in [4.78, 5) is 0. The lowest BCUT2D eigenvalue weighted by Crippen LogP contribution is -2.57. The van der Waals surface area contributed by atoms with Crippen molar-refractivity contribution in [2.75, 3.05) is 6.61 Å². The van der Waals surface area contributed by atoms with E-state index in [-0.39, 0.29) is 0 Å². The monoisotopic (exact) mass is 239 g/mol. The summed E-state index contributed by atoms with van der Waals surface area (Å²) in [6.07, 6.45) is 1.55. The molecule has 1 fully saturated rings. The molecule has 0 aromatic rings. The largest absolute Gasteiger partial charge is 0.410 e. The average Bonchev–Trinajstić information content (AvgIpc) is 2.18. The molecular formula is C10H18F3OSi. The molecule has 1 aliphatic heterocycles. The van der Waals surface area contributed by atoms with Gasteiger partial charge in [0.2, 0.25) is 0 Å². The van der Waals surface area contributed by atoms with Gasteiger partial charge in [-0.2, -0.15) is 0 Å². The van der Waals surface area contributed by atoms with E-state index in [0.29, 0.717) is 12.7 Å². The smallest absolute Gasteiger partial charge is 0.299 e. The van der Waals surface area contributed by atoms with E-state index in [2.05, 4.69) is 0 Å². The maximum atomic E-state index is 14.0. The van der Waals surface area contributed by atoms with Crippen LogP contribution in [0.2, 0.25) is 6.04 Å². The Morgan fingerprint density at radius 2 is 1.80 bits per heavy atom. The summed E-state index contributed by atoms with van der Waals surface area (Å²) in [5, 5.41) is 0. The van der Waals surface area contributed by atoms with Crippen LogP contribution >= 0.6 is 0 Å². The second kappa shape index (κ2) is 4.45. The molecule has 1 atom stereocenters. The van der Waals surface area contributed by atoms with Gasteiger partial charge in [0, 0.05) is 6.61 Å². The molecule has 1 saturated heterocycles. The Balaban J connectivity index is 2.79. The zero-order chi connectivity index (χ0) is 11.7. The number of hydrogen-bond acceptors (Lipinski definition) is 1. The van der Waals surface area contributed by atoms with Crippen molar-refractivity contribution in [3.05, 3.63) is 0 Å². The molecule has 15 heavy (non-hydrogen) atoms. The number of rotatable bonds is 3. The van der Waals surface area contributed by atoms with Gasteiger partial charge in [0.1, 0.15) is 0 Å². The third-order valence-corrected chi connectivity index (χ3v) is 5.67. The van der Waals surface area contributed by atoms with Gasteiger partial charge in [0.05, 0.1) is 0 Å². The molecule has 0 amide bonds. The van der Waals surface area contributed by atoms with Crippen molar-refractivity contribution in [1.29, 1.82) is 0 Å². The van der Waals surface area contributed by atoms with Crippen molar-refractivity contribution in [3.63, 3.8) is 0 Å². The molecule has 0 aromatic carbocycles. The van der Waals surface area contributed by atoms with E-state index in [1.54, 1.807) is 0 Å². The lowest BCUT2D eigenvalue weighted by Gasteiger charge is -2.38. The highest BCUT2D eigenvalue weighted by Crippen LogP contribution is 2.42. The summed E-state index contributed by atoms with van der Waals surface area (Å²) in [7, 11) is -2.33. The Labute approximate surface area is 90.7 Å². The first-order valence-corrected chi connectivity index (χ1v) is 6.97. The Hall–Kier alpha value is -0.0331. The Bertz CT molecular complexity index is 213. The van der Waals surface area contributed by atoms with E-state index in [4.69, 9.17) is 4.43 Å². The predicted octanol–water partition coefficient (Wildman–Crippen LogP) is 3.35. The molecule has 1 rings (SSSR count). The fourth-order valence-corrected chi connectivity index (χ4v) is 3.97. The van der Waals surface area contributed by atoms with Gasteiger partial charge in [-0.1, -0.05) is 20.3 Å².